The Bertz CT molecular complexity index is 688. The summed E-state index contributed by atoms with van der Waals surface area (Å²) in [6.07, 6.45) is 0. The zero-order chi connectivity index (χ0) is 16.6. The van der Waals surface area contributed by atoms with Crippen LogP contribution in [0.15, 0.2) is 65.6 Å². The van der Waals surface area contributed by atoms with Crippen molar-refractivity contribution in [2.24, 2.45) is 0 Å². The fourth-order valence-electron chi connectivity index (χ4n) is 1.41. The number of carboxylic acids is 1. The summed E-state index contributed by atoms with van der Waals surface area (Å²) in [7, 11) is -4.00. The van der Waals surface area contributed by atoms with Crippen molar-refractivity contribution in [3.05, 3.63) is 60.7 Å². The van der Waals surface area contributed by atoms with Gasteiger partial charge >= 0.3 is 5.97 Å². The van der Waals surface area contributed by atoms with Crippen LogP contribution in [0.5, 0.6) is 0 Å². The van der Waals surface area contributed by atoms with Gasteiger partial charge in [-0.3, -0.25) is 14.6 Å². The van der Waals surface area contributed by atoms with Crippen molar-refractivity contribution in [1.82, 2.24) is 0 Å². The van der Waals surface area contributed by atoms with E-state index in [1.54, 1.807) is 48.5 Å². The van der Waals surface area contributed by atoms with Crippen LogP contribution in [0.4, 0.5) is 5.69 Å². The first-order valence-corrected chi connectivity index (χ1v) is 7.50. The van der Waals surface area contributed by atoms with Gasteiger partial charge < -0.3 is 5.11 Å². The molecule has 118 valence electrons. The molecule has 0 amide bonds. The lowest BCUT2D eigenvalue weighted by Crippen LogP contribution is -2.25. The number of carboxylic acid groups (broad SMARTS) is 1. The van der Waals surface area contributed by atoms with E-state index in [-0.39, 0.29) is 4.90 Å². The van der Waals surface area contributed by atoms with E-state index in [0.717, 1.165) is 0 Å². The third-order valence-corrected chi connectivity index (χ3v) is 3.25. The molecule has 3 N–H and O–H groups in total. The Labute approximate surface area is 127 Å². The van der Waals surface area contributed by atoms with Crippen LogP contribution in [0.1, 0.15) is 0 Å². The summed E-state index contributed by atoms with van der Waals surface area (Å²) in [6, 6.07) is 15.9. The quantitative estimate of drug-likeness (QED) is 0.581. The number of para-hydroxylation sites is 1. The van der Waals surface area contributed by atoms with Crippen LogP contribution >= 0.6 is 0 Å². The Morgan fingerprint density at radius 3 is 1.77 bits per heavy atom. The van der Waals surface area contributed by atoms with E-state index < -0.39 is 22.6 Å². The summed E-state index contributed by atoms with van der Waals surface area (Å²) in [4.78, 5) is 10.1. The van der Waals surface area contributed by atoms with E-state index in [9.17, 15) is 13.2 Å². The number of anilines is 1. The van der Waals surface area contributed by atoms with Crippen LogP contribution in [0, 0.1) is 0 Å². The second-order valence-corrected chi connectivity index (χ2v) is 5.50. The van der Waals surface area contributed by atoms with Crippen molar-refractivity contribution in [1.29, 1.82) is 0 Å². The molecule has 0 atom stereocenters. The molecule has 0 radical (unpaired) electrons. The van der Waals surface area contributed by atoms with Gasteiger partial charge in [-0.1, -0.05) is 36.4 Å². The van der Waals surface area contributed by atoms with Crippen LogP contribution in [0.25, 0.3) is 0 Å². The first-order valence-electron chi connectivity index (χ1n) is 6.06. The predicted molar refractivity (Wildman–Crippen MR) is 79.5 cm³/mol. The molecule has 0 aliphatic rings. The highest BCUT2D eigenvalue weighted by atomic mass is 32.2. The van der Waals surface area contributed by atoms with Gasteiger partial charge in [-0.05, 0) is 24.3 Å². The van der Waals surface area contributed by atoms with Crippen LogP contribution in [0.3, 0.4) is 0 Å². The van der Waals surface area contributed by atoms with Gasteiger partial charge in [0, 0.05) is 0 Å². The number of hydrogen-bond donors (Lipinski definition) is 3. The van der Waals surface area contributed by atoms with E-state index in [0.29, 0.717) is 10.8 Å². The van der Waals surface area contributed by atoms with E-state index in [4.69, 9.17) is 14.9 Å². The molecule has 0 heterocycles. The molecule has 22 heavy (non-hydrogen) atoms. The van der Waals surface area contributed by atoms with Gasteiger partial charge in [-0.2, -0.15) is 8.42 Å². The molecular formula is C14H15NO6S. The number of nitrogens with zero attached hydrogens (tertiary/aromatic N) is 1. The zero-order valence-corrected chi connectivity index (χ0v) is 12.2. The molecular weight excluding hydrogens is 310 g/mol. The fourth-order valence-corrected chi connectivity index (χ4v) is 1.91. The highest BCUT2D eigenvalue weighted by Crippen LogP contribution is 2.09. The van der Waals surface area contributed by atoms with Gasteiger partial charge in [0.15, 0.2) is 0 Å². The zero-order valence-electron chi connectivity index (χ0n) is 11.4. The average Bonchev–Trinajstić information content (AvgIpc) is 2.48. The highest BCUT2D eigenvalue weighted by Gasteiger charge is 2.06. The molecule has 0 aliphatic heterocycles. The smallest absolute Gasteiger partial charge is 0.325 e. The maximum Gasteiger partial charge on any atom is 0.325 e. The molecule has 7 nitrogen and oxygen atoms in total. The number of aliphatic carboxylic acids is 1. The number of rotatable bonds is 4. The molecule has 0 spiro atoms. The number of benzene rings is 2. The van der Waals surface area contributed by atoms with E-state index in [1.807, 2.05) is 0 Å². The third kappa shape index (κ3) is 6.35. The predicted octanol–water partition coefficient (Wildman–Crippen LogP) is 1.90. The van der Waals surface area contributed by atoms with Gasteiger partial charge in [-0.15, -0.1) is 0 Å². The van der Waals surface area contributed by atoms with Crippen molar-refractivity contribution < 1.29 is 28.1 Å². The average molecular weight is 325 g/mol. The van der Waals surface area contributed by atoms with Crippen LogP contribution < -0.4 is 5.06 Å². The van der Waals surface area contributed by atoms with Gasteiger partial charge in [0.05, 0.1) is 10.6 Å². The second-order valence-electron chi connectivity index (χ2n) is 4.08. The fraction of sp³-hybridized carbons (Fsp3) is 0.0714. The minimum atomic E-state index is -4.00. The monoisotopic (exact) mass is 325 g/mol. The summed E-state index contributed by atoms with van der Waals surface area (Å²) in [5.74, 6) is -1.07. The summed E-state index contributed by atoms with van der Waals surface area (Å²) >= 11 is 0. The van der Waals surface area contributed by atoms with Crippen molar-refractivity contribution in [3.63, 3.8) is 0 Å². The Balaban J connectivity index is 0.000000224. The molecule has 0 saturated carbocycles. The molecule has 0 unspecified atom stereocenters. The van der Waals surface area contributed by atoms with Crippen LogP contribution in [-0.4, -0.2) is 35.8 Å². The summed E-state index contributed by atoms with van der Waals surface area (Å²) in [5, 5.41) is 18.2. The van der Waals surface area contributed by atoms with Gasteiger partial charge in [0.2, 0.25) is 0 Å². The van der Waals surface area contributed by atoms with Crippen molar-refractivity contribution >= 4 is 21.8 Å². The summed E-state index contributed by atoms with van der Waals surface area (Å²) < 4.78 is 29.2. The molecule has 2 aromatic rings. The Hall–Kier alpha value is -2.42. The molecule has 0 bridgehead atoms. The highest BCUT2D eigenvalue weighted by molar-refractivity contribution is 7.85. The number of hydrogen-bond acceptors (Lipinski definition) is 5. The first kappa shape index (κ1) is 17.6. The molecule has 8 heteroatoms. The Morgan fingerprint density at radius 1 is 0.955 bits per heavy atom. The van der Waals surface area contributed by atoms with Gasteiger partial charge in [0.1, 0.15) is 6.54 Å². The third-order valence-electron chi connectivity index (χ3n) is 2.38. The van der Waals surface area contributed by atoms with Crippen molar-refractivity contribution in [2.75, 3.05) is 11.6 Å². The summed E-state index contributed by atoms with van der Waals surface area (Å²) in [5.41, 5.74) is 0.472. The Morgan fingerprint density at radius 2 is 1.41 bits per heavy atom. The molecule has 0 saturated heterocycles. The van der Waals surface area contributed by atoms with Gasteiger partial charge in [0.25, 0.3) is 10.1 Å². The lowest BCUT2D eigenvalue weighted by Gasteiger charge is -2.13. The molecule has 0 aliphatic carbocycles. The topological polar surface area (TPSA) is 115 Å². The van der Waals surface area contributed by atoms with Crippen molar-refractivity contribution in [3.8, 4) is 0 Å². The SMILES string of the molecule is O=C(O)CN(O)c1ccccc1.O=S(=O)(O)c1ccccc1. The second kappa shape index (κ2) is 8.13. The molecule has 2 rings (SSSR count). The number of carbonyl (C=O) groups is 1. The maximum absolute atomic E-state index is 10.4. The van der Waals surface area contributed by atoms with E-state index in [1.165, 1.54) is 12.1 Å². The normalized spacial score (nSPS) is 10.3. The minimum Gasteiger partial charge on any atom is -0.480 e. The van der Waals surface area contributed by atoms with Gasteiger partial charge in [-0.25, -0.2) is 5.06 Å². The van der Waals surface area contributed by atoms with Crippen LogP contribution in [-0.2, 0) is 14.9 Å². The lowest BCUT2D eigenvalue weighted by atomic mass is 10.3. The standard InChI is InChI=1S/C8H9NO3.C6H6O3S/c10-8(11)6-9(12)7-4-2-1-3-5-7;7-10(8,9)6-4-2-1-3-5-6/h1-5,12H,6H2,(H,10,11);1-5H,(H,7,8,9). The first-order chi connectivity index (χ1) is 10.3. The van der Waals surface area contributed by atoms with Crippen molar-refractivity contribution in [2.45, 2.75) is 4.90 Å². The maximum atomic E-state index is 10.4. The largest absolute Gasteiger partial charge is 0.480 e. The molecule has 0 aromatic heterocycles. The summed E-state index contributed by atoms with van der Waals surface area (Å²) in [6.45, 7) is -0.413. The Kier molecular flexibility index (Phi) is 6.51. The lowest BCUT2D eigenvalue weighted by molar-refractivity contribution is -0.136. The minimum absolute atomic E-state index is 0.0741. The molecule has 0 fully saturated rings. The van der Waals surface area contributed by atoms with E-state index in [2.05, 4.69) is 0 Å². The van der Waals surface area contributed by atoms with Crippen LogP contribution in [0.2, 0.25) is 0 Å². The molecule has 2 aromatic carbocycles. The number of hydroxylamine groups is 1. The van der Waals surface area contributed by atoms with E-state index >= 15 is 0 Å².